The van der Waals surface area contributed by atoms with Gasteiger partial charge in [0, 0.05) is 16.6 Å². The first-order chi connectivity index (χ1) is 11.5. The van der Waals surface area contributed by atoms with Gasteiger partial charge in [-0.1, -0.05) is 35.3 Å². The number of halogens is 2. The van der Waals surface area contributed by atoms with Crippen LogP contribution in [0, 0.1) is 0 Å². The highest BCUT2D eigenvalue weighted by atomic mass is 35.5. The summed E-state index contributed by atoms with van der Waals surface area (Å²) in [5.41, 5.74) is 1.05. The normalized spacial score (nSPS) is 10.1. The number of carbonyl (C=O) groups excluding carboxylic acids is 2. The summed E-state index contributed by atoms with van der Waals surface area (Å²) in [5, 5.41) is 3.66. The average molecular weight is 368 g/mol. The Hall–Kier alpha value is -2.24. The zero-order chi connectivity index (χ0) is 17.5. The van der Waals surface area contributed by atoms with Crippen molar-refractivity contribution in [3.63, 3.8) is 0 Å². The van der Waals surface area contributed by atoms with Gasteiger partial charge in [0.15, 0.2) is 6.61 Å². The van der Waals surface area contributed by atoms with Crippen LogP contribution in [0.5, 0.6) is 5.75 Å². The lowest BCUT2D eigenvalue weighted by molar-refractivity contribution is -0.124. The van der Waals surface area contributed by atoms with E-state index in [4.69, 9.17) is 32.7 Å². The minimum absolute atomic E-state index is 0.199. The second-order valence-corrected chi connectivity index (χ2v) is 5.70. The smallest absolute Gasteiger partial charge is 0.342 e. The van der Waals surface area contributed by atoms with Gasteiger partial charge in [0.1, 0.15) is 11.3 Å². The minimum Gasteiger partial charge on any atom is -0.496 e. The lowest BCUT2D eigenvalue weighted by Gasteiger charge is -2.09. The van der Waals surface area contributed by atoms with Gasteiger partial charge in [0.2, 0.25) is 0 Å². The third-order valence-corrected chi connectivity index (χ3v) is 3.57. The quantitative estimate of drug-likeness (QED) is 0.793. The first-order valence-corrected chi connectivity index (χ1v) is 7.77. The summed E-state index contributed by atoms with van der Waals surface area (Å²) in [4.78, 5) is 23.8. The second kappa shape index (κ2) is 8.57. The fraction of sp³-hybridized carbons (Fsp3) is 0.176. The lowest BCUT2D eigenvalue weighted by atomic mass is 10.2. The number of nitrogens with one attached hydrogen (secondary N) is 1. The highest BCUT2D eigenvalue weighted by molar-refractivity contribution is 6.31. The van der Waals surface area contributed by atoms with Gasteiger partial charge < -0.3 is 14.8 Å². The third kappa shape index (κ3) is 5.15. The Bertz CT molecular complexity index is 749. The average Bonchev–Trinajstić information content (AvgIpc) is 2.57. The molecule has 0 saturated heterocycles. The summed E-state index contributed by atoms with van der Waals surface area (Å²) < 4.78 is 10.1. The van der Waals surface area contributed by atoms with Gasteiger partial charge in [0.25, 0.3) is 5.91 Å². The molecular weight excluding hydrogens is 353 g/mol. The number of amides is 1. The second-order valence-electron chi connectivity index (χ2n) is 4.83. The van der Waals surface area contributed by atoms with Crippen molar-refractivity contribution in [3.05, 3.63) is 63.6 Å². The first kappa shape index (κ1) is 18.1. The first-order valence-electron chi connectivity index (χ1n) is 7.01. The molecule has 2 aromatic carbocycles. The zero-order valence-electron chi connectivity index (χ0n) is 12.8. The van der Waals surface area contributed by atoms with Crippen molar-refractivity contribution in [2.24, 2.45) is 0 Å². The van der Waals surface area contributed by atoms with Crippen molar-refractivity contribution in [3.8, 4) is 5.75 Å². The van der Waals surface area contributed by atoms with E-state index in [0.29, 0.717) is 16.6 Å². The number of rotatable bonds is 6. The van der Waals surface area contributed by atoms with Gasteiger partial charge in [-0.3, -0.25) is 4.79 Å². The largest absolute Gasteiger partial charge is 0.496 e. The predicted octanol–water partition coefficient (Wildman–Crippen LogP) is 3.48. The Morgan fingerprint density at radius 3 is 2.54 bits per heavy atom. The summed E-state index contributed by atoms with van der Waals surface area (Å²) in [6.07, 6.45) is 0. The minimum atomic E-state index is -0.665. The van der Waals surface area contributed by atoms with Crippen LogP contribution in [-0.4, -0.2) is 25.6 Å². The van der Waals surface area contributed by atoms with Crippen LogP contribution in [0.25, 0.3) is 0 Å². The van der Waals surface area contributed by atoms with Gasteiger partial charge in [-0.05, 0) is 35.9 Å². The predicted molar refractivity (Wildman–Crippen MR) is 91.6 cm³/mol. The molecule has 0 aliphatic rings. The standard InChI is InChI=1S/C17H15Cl2NO4/c1-23-15-8-13(19)5-6-14(15)17(22)24-10-16(21)20-9-11-3-2-4-12(18)7-11/h2-8H,9-10H2,1H3,(H,20,21). The number of carbonyl (C=O) groups is 2. The fourth-order valence-electron chi connectivity index (χ4n) is 1.94. The zero-order valence-corrected chi connectivity index (χ0v) is 14.4. The molecule has 0 fully saturated rings. The van der Waals surface area contributed by atoms with Gasteiger partial charge >= 0.3 is 5.97 Å². The molecule has 5 nitrogen and oxygen atoms in total. The molecule has 24 heavy (non-hydrogen) atoms. The van der Waals surface area contributed by atoms with Crippen LogP contribution in [0.2, 0.25) is 10.0 Å². The summed E-state index contributed by atoms with van der Waals surface area (Å²) >= 11 is 11.7. The topological polar surface area (TPSA) is 64.6 Å². The number of esters is 1. The monoisotopic (exact) mass is 367 g/mol. The maximum atomic E-state index is 12.0. The molecule has 0 radical (unpaired) electrons. The molecular formula is C17H15Cl2NO4. The molecule has 0 unspecified atom stereocenters. The summed E-state index contributed by atoms with van der Waals surface area (Å²) in [5.74, 6) is -0.801. The van der Waals surface area contributed by atoms with E-state index in [1.807, 2.05) is 6.07 Å². The van der Waals surface area contributed by atoms with E-state index in [0.717, 1.165) is 5.56 Å². The molecule has 0 heterocycles. The molecule has 126 valence electrons. The number of hydrogen-bond donors (Lipinski definition) is 1. The molecule has 0 aliphatic heterocycles. The molecule has 2 aromatic rings. The Balaban J connectivity index is 1.86. The maximum absolute atomic E-state index is 12.0. The van der Waals surface area contributed by atoms with Crippen molar-refractivity contribution in [1.82, 2.24) is 5.32 Å². The highest BCUT2D eigenvalue weighted by Crippen LogP contribution is 2.23. The van der Waals surface area contributed by atoms with Crippen LogP contribution < -0.4 is 10.1 Å². The molecule has 0 spiro atoms. The SMILES string of the molecule is COc1cc(Cl)ccc1C(=O)OCC(=O)NCc1cccc(Cl)c1. The highest BCUT2D eigenvalue weighted by Gasteiger charge is 2.15. The van der Waals surface area contributed by atoms with Crippen LogP contribution in [0.15, 0.2) is 42.5 Å². The number of ether oxygens (including phenoxy) is 2. The Kier molecular flexibility index (Phi) is 6.46. The summed E-state index contributed by atoms with van der Waals surface area (Å²) in [7, 11) is 1.42. The van der Waals surface area contributed by atoms with Crippen molar-refractivity contribution in [1.29, 1.82) is 0 Å². The summed E-state index contributed by atoms with van der Waals surface area (Å²) in [6, 6.07) is 11.6. The van der Waals surface area contributed by atoms with E-state index in [9.17, 15) is 9.59 Å². The van der Waals surface area contributed by atoms with Gasteiger partial charge in [0.05, 0.1) is 7.11 Å². The molecule has 1 N–H and O–H groups in total. The molecule has 0 atom stereocenters. The third-order valence-electron chi connectivity index (χ3n) is 3.10. The van der Waals surface area contributed by atoms with Crippen molar-refractivity contribution >= 4 is 35.1 Å². The van der Waals surface area contributed by atoms with Crippen LogP contribution in [-0.2, 0) is 16.1 Å². The van der Waals surface area contributed by atoms with E-state index >= 15 is 0 Å². The van der Waals surface area contributed by atoms with Crippen molar-refractivity contribution in [2.75, 3.05) is 13.7 Å². The molecule has 0 bridgehead atoms. The van der Waals surface area contributed by atoms with Crippen LogP contribution in [0.4, 0.5) is 0 Å². The Labute approximate surface area is 149 Å². The van der Waals surface area contributed by atoms with Crippen molar-refractivity contribution < 1.29 is 19.1 Å². The van der Waals surface area contributed by atoms with E-state index in [1.165, 1.54) is 19.2 Å². The van der Waals surface area contributed by atoms with Gasteiger partial charge in [-0.15, -0.1) is 0 Å². The number of methoxy groups -OCH3 is 1. The van der Waals surface area contributed by atoms with Crippen LogP contribution in [0.1, 0.15) is 15.9 Å². The van der Waals surface area contributed by atoms with E-state index in [2.05, 4.69) is 5.32 Å². The molecule has 1 amide bonds. The lowest BCUT2D eigenvalue weighted by Crippen LogP contribution is -2.28. The van der Waals surface area contributed by atoms with Gasteiger partial charge in [-0.2, -0.15) is 0 Å². The molecule has 0 aromatic heterocycles. The van der Waals surface area contributed by atoms with Crippen LogP contribution >= 0.6 is 23.2 Å². The summed E-state index contributed by atoms with van der Waals surface area (Å²) in [6.45, 7) is -0.105. The molecule has 0 aliphatic carbocycles. The Morgan fingerprint density at radius 1 is 1.08 bits per heavy atom. The van der Waals surface area contributed by atoms with E-state index in [1.54, 1.807) is 24.3 Å². The van der Waals surface area contributed by atoms with Crippen LogP contribution in [0.3, 0.4) is 0 Å². The van der Waals surface area contributed by atoms with Gasteiger partial charge in [-0.25, -0.2) is 4.79 Å². The Morgan fingerprint density at radius 2 is 1.83 bits per heavy atom. The number of benzene rings is 2. The van der Waals surface area contributed by atoms with E-state index in [-0.39, 0.29) is 11.3 Å². The maximum Gasteiger partial charge on any atom is 0.342 e. The molecule has 0 saturated carbocycles. The molecule has 2 rings (SSSR count). The fourth-order valence-corrected chi connectivity index (χ4v) is 2.32. The van der Waals surface area contributed by atoms with E-state index < -0.39 is 18.5 Å². The number of hydrogen-bond acceptors (Lipinski definition) is 4. The van der Waals surface area contributed by atoms with Crippen molar-refractivity contribution in [2.45, 2.75) is 6.54 Å². The molecule has 7 heteroatoms.